The van der Waals surface area contributed by atoms with Gasteiger partial charge in [-0.15, -0.1) is 6.58 Å². The monoisotopic (exact) mass is 280 g/mol. The molecule has 1 aliphatic rings. The molecule has 1 saturated heterocycles. The predicted octanol–water partition coefficient (Wildman–Crippen LogP) is 2.32. The molecule has 0 bridgehead atoms. The largest absolute Gasteiger partial charge is 0.467 e. The van der Waals surface area contributed by atoms with Gasteiger partial charge >= 0.3 is 0 Å². The van der Waals surface area contributed by atoms with E-state index in [0.29, 0.717) is 18.2 Å². The minimum Gasteiger partial charge on any atom is -0.467 e. The molecule has 0 saturated carbocycles. The van der Waals surface area contributed by atoms with E-state index in [4.69, 9.17) is 21.4 Å². The Morgan fingerprint density at radius 3 is 3.16 bits per heavy atom. The second kappa shape index (κ2) is 7.31. The van der Waals surface area contributed by atoms with E-state index in [2.05, 4.69) is 11.9 Å². The zero-order chi connectivity index (χ0) is 13.5. The molecule has 5 heteroatoms. The summed E-state index contributed by atoms with van der Waals surface area (Å²) in [4.78, 5) is 2.02. The van der Waals surface area contributed by atoms with Crippen LogP contribution in [0.2, 0.25) is 0 Å². The lowest BCUT2D eigenvalue weighted by Gasteiger charge is -2.24. The first-order valence-electron chi connectivity index (χ1n) is 6.57. The van der Waals surface area contributed by atoms with Crippen molar-refractivity contribution in [3.63, 3.8) is 0 Å². The normalized spacial score (nSPS) is 18.2. The van der Waals surface area contributed by atoms with Gasteiger partial charge in [-0.1, -0.05) is 6.08 Å². The van der Waals surface area contributed by atoms with E-state index in [1.165, 1.54) is 0 Å². The summed E-state index contributed by atoms with van der Waals surface area (Å²) >= 11 is 5.42. The third-order valence-electron chi connectivity index (χ3n) is 3.07. The van der Waals surface area contributed by atoms with Crippen LogP contribution in [0.3, 0.4) is 0 Å². The fourth-order valence-corrected chi connectivity index (χ4v) is 2.31. The summed E-state index contributed by atoms with van der Waals surface area (Å²) in [6.45, 7) is 6.74. The Labute approximate surface area is 119 Å². The van der Waals surface area contributed by atoms with Crippen LogP contribution in [0.1, 0.15) is 18.6 Å². The minimum atomic E-state index is 0.284. The number of nitrogens with one attached hydrogen (secondary N) is 1. The van der Waals surface area contributed by atoms with Gasteiger partial charge in [0, 0.05) is 19.7 Å². The first-order chi connectivity index (χ1) is 9.29. The van der Waals surface area contributed by atoms with Gasteiger partial charge in [-0.2, -0.15) is 0 Å². The molecule has 1 unspecified atom stereocenters. The Morgan fingerprint density at radius 2 is 2.53 bits per heavy atom. The summed E-state index contributed by atoms with van der Waals surface area (Å²) in [5.74, 6) is 0.892. The van der Waals surface area contributed by atoms with E-state index < -0.39 is 0 Å². The van der Waals surface area contributed by atoms with Gasteiger partial charge in [0.25, 0.3) is 0 Å². The fourth-order valence-electron chi connectivity index (χ4n) is 2.08. The molecule has 2 heterocycles. The van der Waals surface area contributed by atoms with E-state index in [-0.39, 0.29) is 6.10 Å². The Balaban J connectivity index is 1.82. The second-order valence-electron chi connectivity index (χ2n) is 4.57. The van der Waals surface area contributed by atoms with Crippen molar-refractivity contribution in [2.24, 2.45) is 0 Å². The lowest BCUT2D eigenvalue weighted by atomic mass is 10.2. The average molecular weight is 280 g/mol. The fraction of sp³-hybridized carbons (Fsp3) is 0.500. The standard InChI is InChI=1S/C14H20N2O2S/c1-2-7-16(11-13-6-4-9-18-13)14(19)15-10-12-5-3-8-17-12/h2,4,6,9,12H,1,3,5,7-8,10-11H2,(H,15,19). The molecule has 0 amide bonds. The van der Waals surface area contributed by atoms with E-state index in [1.807, 2.05) is 23.1 Å². The predicted molar refractivity (Wildman–Crippen MR) is 78.9 cm³/mol. The maximum Gasteiger partial charge on any atom is 0.169 e. The van der Waals surface area contributed by atoms with Gasteiger partial charge in [-0.25, -0.2) is 0 Å². The summed E-state index contributed by atoms with van der Waals surface area (Å²) in [7, 11) is 0. The van der Waals surface area contributed by atoms with Crippen molar-refractivity contribution in [2.45, 2.75) is 25.5 Å². The molecule has 2 rings (SSSR count). The van der Waals surface area contributed by atoms with Gasteiger partial charge in [0.1, 0.15) is 5.76 Å². The summed E-state index contributed by atoms with van der Waals surface area (Å²) in [6, 6.07) is 3.82. The lowest BCUT2D eigenvalue weighted by Crippen LogP contribution is -2.42. The van der Waals surface area contributed by atoms with Crippen molar-refractivity contribution >= 4 is 17.3 Å². The number of nitrogens with zero attached hydrogens (tertiary/aromatic N) is 1. The van der Waals surface area contributed by atoms with Crippen LogP contribution < -0.4 is 5.32 Å². The quantitative estimate of drug-likeness (QED) is 0.639. The summed E-state index contributed by atoms with van der Waals surface area (Å²) in [5, 5.41) is 3.98. The molecule has 1 aromatic heterocycles. The van der Waals surface area contributed by atoms with Crippen LogP contribution in [-0.4, -0.2) is 35.8 Å². The van der Waals surface area contributed by atoms with Gasteiger partial charge in [-0.05, 0) is 37.2 Å². The highest BCUT2D eigenvalue weighted by Gasteiger charge is 2.17. The molecule has 1 aliphatic heterocycles. The maximum atomic E-state index is 5.57. The zero-order valence-corrected chi connectivity index (χ0v) is 11.8. The second-order valence-corrected chi connectivity index (χ2v) is 4.96. The summed E-state index contributed by atoms with van der Waals surface area (Å²) in [6.07, 6.45) is 6.04. The molecule has 1 atom stereocenters. The first kappa shape index (κ1) is 14.1. The third-order valence-corrected chi connectivity index (χ3v) is 3.47. The van der Waals surface area contributed by atoms with Crippen LogP contribution in [-0.2, 0) is 11.3 Å². The van der Waals surface area contributed by atoms with Crippen molar-refractivity contribution in [2.75, 3.05) is 19.7 Å². The van der Waals surface area contributed by atoms with Crippen molar-refractivity contribution < 1.29 is 9.15 Å². The topological polar surface area (TPSA) is 37.6 Å². The van der Waals surface area contributed by atoms with Crippen molar-refractivity contribution in [3.8, 4) is 0 Å². The SMILES string of the molecule is C=CCN(Cc1ccco1)C(=S)NCC1CCCO1. The van der Waals surface area contributed by atoms with E-state index in [1.54, 1.807) is 6.26 Å². The van der Waals surface area contributed by atoms with Gasteiger partial charge in [-0.3, -0.25) is 0 Å². The highest BCUT2D eigenvalue weighted by atomic mass is 32.1. The van der Waals surface area contributed by atoms with E-state index in [0.717, 1.165) is 31.8 Å². The smallest absolute Gasteiger partial charge is 0.169 e. The molecule has 0 radical (unpaired) electrons. The number of furan rings is 1. The van der Waals surface area contributed by atoms with Crippen LogP contribution in [0.5, 0.6) is 0 Å². The molecular weight excluding hydrogens is 260 g/mol. The summed E-state index contributed by atoms with van der Waals surface area (Å²) in [5.41, 5.74) is 0. The number of rotatable bonds is 6. The molecule has 1 fully saturated rings. The van der Waals surface area contributed by atoms with Crippen molar-refractivity contribution in [3.05, 3.63) is 36.8 Å². The Hall–Kier alpha value is -1.33. The van der Waals surface area contributed by atoms with Crippen LogP contribution in [0.25, 0.3) is 0 Å². The minimum absolute atomic E-state index is 0.284. The first-order valence-corrected chi connectivity index (χ1v) is 6.98. The van der Waals surface area contributed by atoms with Crippen LogP contribution in [0, 0.1) is 0 Å². The highest BCUT2D eigenvalue weighted by molar-refractivity contribution is 7.80. The van der Waals surface area contributed by atoms with Gasteiger partial charge < -0.3 is 19.4 Å². The summed E-state index contributed by atoms with van der Waals surface area (Å²) < 4.78 is 10.9. The molecule has 0 aliphatic carbocycles. The molecular formula is C14H20N2O2S. The van der Waals surface area contributed by atoms with Crippen LogP contribution in [0.15, 0.2) is 35.5 Å². The zero-order valence-electron chi connectivity index (χ0n) is 11.0. The number of hydrogen-bond acceptors (Lipinski definition) is 3. The maximum absolute atomic E-state index is 5.57. The molecule has 1 N–H and O–H groups in total. The van der Waals surface area contributed by atoms with E-state index >= 15 is 0 Å². The molecule has 4 nitrogen and oxygen atoms in total. The van der Waals surface area contributed by atoms with Gasteiger partial charge in [0.15, 0.2) is 5.11 Å². The molecule has 0 aromatic carbocycles. The van der Waals surface area contributed by atoms with E-state index in [9.17, 15) is 0 Å². The Morgan fingerprint density at radius 1 is 1.63 bits per heavy atom. The van der Waals surface area contributed by atoms with Gasteiger partial charge in [0.2, 0.25) is 0 Å². The van der Waals surface area contributed by atoms with Crippen molar-refractivity contribution in [1.82, 2.24) is 10.2 Å². The number of ether oxygens (including phenoxy) is 1. The van der Waals surface area contributed by atoms with Crippen LogP contribution in [0.4, 0.5) is 0 Å². The van der Waals surface area contributed by atoms with Gasteiger partial charge in [0.05, 0.1) is 18.9 Å². The molecule has 1 aromatic rings. The Bertz CT molecular complexity index is 400. The van der Waals surface area contributed by atoms with Crippen LogP contribution >= 0.6 is 12.2 Å². The number of thiocarbonyl (C=S) groups is 1. The number of hydrogen-bond donors (Lipinski definition) is 1. The third kappa shape index (κ3) is 4.36. The molecule has 0 spiro atoms. The average Bonchev–Trinajstić information content (AvgIpc) is 3.08. The lowest BCUT2D eigenvalue weighted by molar-refractivity contribution is 0.113. The van der Waals surface area contributed by atoms with Crippen molar-refractivity contribution in [1.29, 1.82) is 0 Å². The Kier molecular flexibility index (Phi) is 5.42. The molecule has 104 valence electrons. The highest BCUT2D eigenvalue weighted by Crippen LogP contribution is 2.11. The molecule has 19 heavy (non-hydrogen) atoms.